The lowest BCUT2D eigenvalue weighted by molar-refractivity contribution is -0.135. The van der Waals surface area contributed by atoms with Gasteiger partial charge in [0, 0.05) is 37.9 Å². The van der Waals surface area contributed by atoms with Gasteiger partial charge in [-0.2, -0.15) is 4.31 Å². The molecule has 1 fully saturated rings. The van der Waals surface area contributed by atoms with Gasteiger partial charge < -0.3 is 15.1 Å². The molecule has 2 aromatic rings. The van der Waals surface area contributed by atoms with E-state index in [9.17, 15) is 18.0 Å². The number of urea groups is 1. The Labute approximate surface area is 235 Å². The van der Waals surface area contributed by atoms with Crippen LogP contribution in [-0.4, -0.2) is 72.4 Å². The molecule has 0 radical (unpaired) electrons. The van der Waals surface area contributed by atoms with Crippen molar-refractivity contribution in [3.8, 4) is 0 Å². The molecule has 1 heterocycles. The summed E-state index contributed by atoms with van der Waals surface area (Å²) in [6, 6.07) is 12.4. The van der Waals surface area contributed by atoms with Crippen molar-refractivity contribution in [3.63, 3.8) is 0 Å². The van der Waals surface area contributed by atoms with Crippen molar-refractivity contribution < 1.29 is 18.0 Å². The smallest absolute Gasteiger partial charge is 0.321 e. The van der Waals surface area contributed by atoms with Crippen LogP contribution in [0.5, 0.6) is 0 Å². The van der Waals surface area contributed by atoms with E-state index < -0.39 is 10.0 Å². The fraction of sp³-hybridized carbons (Fsp3) is 0.481. The Morgan fingerprint density at radius 3 is 2.34 bits per heavy atom. The van der Waals surface area contributed by atoms with Gasteiger partial charge in [0.05, 0.1) is 22.3 Å². The van der Waals surface area contributed by atoms with Gasteiger partial charge in [0.15, 0.2) is 0 Å². The Morgan fingerprint density at radius 2 is 1.74 bits per heavy atom. The zero-order valence-electron chi connectivity index (χ0n) is 22.1. The van der Waals surface area contributed by atoms with Gasteiger partial charge in [-0.25, -0.2) is 13.2 Å². The van der Waals surface area contributed by atoms with Crippen LogP contribution in [0.3, 0.4) is 0 Å². The maximum Gasteiger partial charge on any atom is 0.321 e. The minimum atomic E-state index is -3.51. The van der Waals surface area contributed by atoms with Crippen LogP contribution < -0.4 is 5.32 Å². The molecule has 0 saturated carbocycles. The number of hydrogen-bond acceptors (Lipinski definition) is 4. The molecule has 0 bridgehead atoms. The number of benzene rings is 2. The van der Waals surface area contributed by atoms with E-state index >= 15 is 0 Å². The minimum absolute atomic E-state index is 0.0512. The maximum atomic E-state index is 13.6. The summed E-state index contributed by atoms with van der Waals surface area (Å²) >= 11 is 12.0. The zero-order chi connectivity index (χ0) is 27.9. The maximum absolute atomic E-state index is 13.6. The van der Waals surface area contributed by atoms with Gasteiger partial charge in [-0.1, -0.05) is 54.4 Å². The molecule has 38 heavy (non-hydrogen) atoms. The molecule has 0 unspecified atom stereocenters. The summed E-state index contributed by atoms with van der Waals surface area (Å²) in [6.45, 7) is 6.90. The predicted molar refractivity (Wildman–Crippen MR) is 153 cm³/mol. The summed E-state index contributed by atoms with van der Waals surface area (Å²) in [4.78, 5) is 30.0. The summed E-state index contributed by atoms with van der Waals surface area (Å²) in [7, 11) is -3.51. The molecule has 1 N–H and O–H groups in total. The van der Waals surface area contributed by atoms with Crippen LogP contribution in [0.4, 0.5) is 10.5 Å². The number of nitrogens with one attached hydrogen (secondary N) is 1. The lowest BCUT2D eigenvalue weighted by Gasteiger charge is -2.39. The molecule has 3 amide bonds. The van der Waals surface area contributed by atoms with Gasteiger partial charge in [0.25, 0.3) is 0 Å². The first-order chi connectivity index (χ1) is 18.1. The first kappa shape index (κ1) is 30.2. The lowest BCUT2D eigenvalue weighted by Crippen LogP contribution is -2.52. The van der Waals surface area contributed by atoms with Gasteiger partial charge in [0.1, 0.15) is 0 Å². The van der Waals surface area contributed by atoms with E-state index in [1.165, 1.54) is 4.31 Å². The Morgan fingerprint density at radius 1 is 1.05 bits per heavy atom. The minimum Gasteiger partial charge on any atom is -0.334 e. The molecule has 3 rings (SSSR count). The molecule has 8 nitrogen and oxygen atoms in total. The number of sulfonamides is 1. The standard InChI is InChI=1S/C27H36Cl2N4O4S/c1-4-14-32(38(36,37)5-2)19-26(34)33(18-21-9-7-6-8-20(21)3)23-12-15-31(16-13-23)27(35)30-22-10-11-24(28)25(29)17-22/h6-11,17,23H,4-5,12-16,18-19H2,1-3H3,(H,30,35). The summed E-state index contributed by atoms with van der Waals surface area (Å²) < 4.78 is 26.6. The molecular weight excluding hydrogens is 547 g/mol. The largest absolute Gasteiger partial charge is 0.334 e. The van der Waals surface area contributed by atoms with Gasteiger partial charge in [0.2, 0.25) is 15.9 Å². The highest BCUT2D eigenvalue weighted by Gasteiger charge is 2.32. The summed E-state index contributed by atoms with van der Waals surface area (Å²) in [5, 5.41) is 3.61. The van der Waals surface area contributed by atoms with E-state index in [2.05, 4.69) is 5.32 Å². The first-order valence-electron chi connectivity index (χ1n) is 12.9. The third kappa shape index (κ3) is 7.85. The van der Waals surface area contributed by atoms with Crippen molar-refractivity contribution in [2.24, 2.45) is 0 Å². The summed E-state index contributed by atoms with van der Waals surface area (Å²) in [6.07, 6.45) is 1.79. The topological polar surface area (TPSA) is 90.0 Å². The average Bonchev–Trinajstić information content (AvgIpc) is 2.90. The number of carbonyl (C=O) groups excluding carboxylic acids is 2. The number of aryl methyl sites for hydroxylation is 1. The van der Waals surface area contributed by atoms with Crippen LogP contribution in [0.1, 0.15) is 44.2 Å². The monoisotopic (exact) mass is 582 g/mol. The molecule has 1 aliphatic heterocycles. The number of halogens is 2. The second-order valence-corrected chi connectivity index (χ2v) is 12.5. The molecule has 208 valence electrons. The molecule has 0 aliphatic carbocycles. The van der Waals surface area contributed by atoms with Crippen molar-refractivity contribution in [1.29, 1.82) is 0 Å². The van der Waals surface area contributed by atoms with E-state index in [1.54, 1.807) is 34.9 Å². The number of carbonyl (C=O) groups is 2. The van der Waals surface area contributed by atoms with Crippen LogP contribution in [-0.2, 0) is 21.4 Å². The van der Waals surface area contributed by atoms with Crippen LogP contribution in [0, 0.1) is 6.92 Å². The summed E-state index contributed by atoms with van der Waals surface area (Å²) in [5.41, 5.74) is 2.63. The van der Waals surface area contributed by atoms with E-state index in [1.807, 2.05) is 38.1 Å². The Balaban J connectivity index is 1.73. The zero-order valence-corrected chi connectivity index (χ0v) is 24.4. The van der Waals surface area contributed by atoms with Crippen molar-refractivity contribution >= 4 is 50.9 Å². The average molecular weight is 584 g/mol. The van der Waals surface area contributed by atoms with Crippen molar-refractivity contribution in [3.05, 3.63) is 63.6 Å². The first-order valence-corrected chi connectivity index (χ1v) is 15.2. The van der Waals surface area contributed by atoms with Gasteiger partial charge >= 0.3 is 6.03 Å². The number of anilines is 1. The molecule has 0 spiro atoms. The van der Waals surface area contributed by atoms with Crippen molar-refractivity contribution in [2.45, 2.75) is 52.6 Å². The highest BCUT2D eigenvalue weighted by molar-refractivity contribution is 7.89. The second kappa shape index (κ2) is 13.6. The lowest BCUT2D eigenvalue weighted by atomic mass is 10.0. The van der Waals surface area contributed by atoms with Gasteiger partial charge in [-0.3, -0.25) is 4.79 Å². The number of rotatable bonds is 10. The number of hydrogen-bond donors (Lipinski definition) is 1. The Hall–Kier alpha value is -2.33. The predicted octanol–water partition coefficient (Wildman–Crippen LogP) is 5.39. The molecule has 2 aromatic carbocycles. The number of nitrogens with zero attached hydrogens (tertiary/aromatic N) is 3. The molecule has 11 heteroatoms. The molecule has 0 atom stereocenters. The van der Waals surface area contributed by atoms with Crippen molar-refractivity contribution in [2.75, 3.05) is 37.2 Å². The van der Waals surface area contributed by atoms with Crippen LogP contribution in [0.15, 0.2) is 42.5 Å². The van der Waals surface area contributed by atoms with Crippen molar-refractivity contribution in [1.82, 2.24) is 14.1 Å². The molecular formula is C27H36Cl2N4O4S. The van der Waals surface area contributed by atoms with Crippen LogP contribution >= 0.6 is 23.2 Å². The highest BCUT2D eigenvalue weighted by atomic mass is 35.5. The SMILES string of the molecule is CCCN(CC(=O)N(Cc1ccccc1C)C1CCN(C(=O)Nc2ccc(Cl)c(Cl)c2)CC1)S(=O)(=O)CC. The normalized spacial score (nSPS) is 14.5. The van der Waals surface area contributed by atoms with E-state index in [4.69, 9.17) is 23.2 Å². The van der Waals surface area contributed by atoms with Crippen LogP contribution in [0.2, 0.25) is 10.0 Å². The number of amides is 3. The Bertz CT molecular complexity index is 1230. The number of piperidine rings is 1. The molecule has 1 saturated heterocycles. The number of likely N-dealkylation sites (tertiary alicyclic amines) is 1. The van der Waals surface area contributed by atoms with E-state index in [0.29, 0.717) is 61.2 Å². The third-order valence-electron chi connectivity index (χ3n) is 6.83. The fourth-order valence-corrected chi connectivity index (χ4v) is 5.97. The van der Waals surface area contributed by atoms with E-state index in [0.717, 1.165) is 11.1 Å². The molecule has 1 aliphatic rings. The quantitative estimate of drug-likeness (QED) is 0.406. The fourth-order valence-electron chi connectivity index (χ4n) is 4.54. The highest BCUT2D eigenvalue weighted by Crippen LogP contribution is 2.26. The summed E-state index contributed by atoms with van der Waals surface area (Å²) in [5.74, 6) is -0.276. The van der Waals surface area contributed by atoms with E-state index in [-0.39, 0.29) is 30.3 Å². The van der Waals surface area contributed by atoms with Gasteiger partial charge in [-0.15, -0.1) is 0 Å². The second-order valence-electron chi connectivity index (χ2n) is 9.46. The molecule has 0 aromatic heterocycles. The van der Waals surface area contributed by atoms with Gasteiger partial charge in [-0.05, 0) is 62.4 Å². The third-order valence-corrected chi connectivity index (χ3v) is 9.40. The van der Waals surface area contributed by atoms with Crippen LogP contribution in [0.25, 0.3) is 0 Å². The Kier molecular flexibility index (Phi) is 10.8.